The lowest BCUT2D eigenvalue weighted by Gasteiger charge is -2.15. The van der Waals surface area contributed by atoms with Crippen LogP contribution in [0.5, 0.6) is 0 Å². The van der Waals surface area contributed by atoms with Crippen LogP contribution in [0.1, 0.15) is 23.0 Å². The summed E-state index contributed by atoms with van der Waals surface area (Å²) in [4.78, 5) is 7.33. The van der Waals surface area contributed by atoms with Gasteiger partial charge in [-0.1, -0.05) is 6.07 Å². The number of aryl methyl sites for hydroxylation is 1. The highest BCUT2D eigenvalue weighted by atomic mass is 19.1. The molecule has 90 valence electrons. The molecule has 0 radical (unpaired) electrons. The van der Waals surface area contributed by atoms with Crippen molar-refractivity contribution in [2.45, 2.75) is 19.4 Å². The molecule has 3 nitrogen and oxygen atoms in total. The van der Waals surface area contributed by atoms with Crippen molar-refractivity contribution in [1.29, 1.82) is 0 Å². The first-order chi connectivity index (χ1) is 8.20. The third-order valence-electron chi connectivity index (χ3n) is 2.93. The quantitative estimate of drug-likeness (QED) is 0.851. The molecular weight excluding hydrogens is 217 g/mol. The summed E-state index contributed by atoms with van der Waals surface area (Å²) in [5.74, 6) is 0.710. The molecule has 0 amide bonds. The molecule has 0 saturated heterocycles. The molecular formula is C13H16FN3. The molecule has 2 rings (SSSR count). The normalized spacial score (nSPS) is 12.6. The lowest BCUT2D eigenvalue weighted by atomic mass is 10.0. The summed E-state index contributed by atoms with van der Waals surface area (Å²) >= 11 is 0. The summed E-state index contributed by atoms with van der Waals surface area (Å²) in [5, 5.41) is 3.21. The SMILES string of the molecule is CNC(Cc1ccc(F)cc1C)c1ncc[nH]1. The molecule has 1 unspecified atom stereocenters. The Hall–Kier alpha value is -1.68. The van der Waals surface area contributed by atoms with E-state index in [0.717, 1.165) is 23.4 Å². The number of benzene rings is 1. The van der Waals surface area contributed by atoms with E-state index in [9.17, 15) is 4.39 Å². The zero-order valence-electron chi connectivity index (χ0n) is 10.00. The van der Waals surface area contributed by atoms with E-state index >= 15 is 0 Å². The van der Waals surface area contributed by atoms with Crippen LogP contribution in [-0.4, -0.2) is 17.0 Å². The zero-order chi connectivity index (χ0) is 12.3. The minimum Gasteiger partial charge on any atom is -0.347 e. The van der Waals surface area contributed by atoms with E-state index in [2.05, 4.69) is 15.3 Å². The van der Waals surface area contributed by atoms with Crippen molar-refractivity contribution in [1.82, 2.24) is 15.3 Å². The second-order valence-electron chi connectivity index (χ2n) is 4.09. The minimum atomic E-state index is -0.190. The number of halogens is 1. The van der Waals surface area contributed by atoms with Crippen molar-refractivity contribution in [3.05, 3.63) is 53.4 Å². The third kappa shape index (κ3) is 2.71. The van der Waals surface area contributed by atoms with Crippen molar-refractivity contribution in [2.24, 2.45) is 0 Å². The Morgan fingerprint density at radius 1 is 1.47 bits per heavy atom. The fourth-order valence-corrected chi connectivity index (χ4v) is 1.91. The van der Waals surface area contributed by atoms with Crippen LogP contribution in [0.3, 0.4) is 0 Å². The summed E-state index contributed by atoms with van der Waals surface area (Å²) in [6.45, 7) is 1.92. The number of nitrogens with zero attached hydrogens (tertiary/aromatic N) is 1. The molecule has 17 heavy (non-hydrogen) atoms. The average Bonchev–Trinajstić information content (AvgIpc) is 2.81. The highest BCUT2D eigenvalue weighted by Crippen LogP contribution is 2.18. The Kier molecular flexibility index (Phi) is 3.54. The Morgan fingerprint density at radius 2 is 2.29 bits per heavy atom. The second kappa shape index (κ2) is 5.10. The van der Waals surface area contributed by atoms with E-state index in [-0.39, 0.29) is 11.9 Å². The van der Waals surface area contributed by atoms with E-state index in [1.807, 2.05) is 20.0 Å². The van der Waals surface area contributed by atoms with E-state index in [1.165, 1.54) is 6.07 Å². The molecule has 0 fully saturated rings. The van der Waals surface area contributed by atoms with Crippen molar-refractivity contribution >= 4 is 0 Å². The Morgan fingerprint density at radius 3 is 2.88 bits per heavy atom. The lowest BCUT2D eigenvalue weighted by molar-refractivity contribution is 0.560. The topological polar surface area (TPSA) is 40.7 Å². The number of aromatic nitrogens is 2. The maximum Gasteiger partial charge on any atom is 0.123 e. The molecule has 2 aromatic rings. The number of H-pyrrole nitrogens is 1. The predicted molar refractivity (Wildman–Crippen MR) is 65.2 cm³/mol. The van der Waals surface area contributed by atoms with E-state index in [1.54, 1.807) is 18.5 Å². The second-order valence-corrected chi connectivity index (χ2v) is 4.09. The van der Waals surface area contributed by atoms with Crippen LogP contribution in [0.2, 0.25) is 0 Å². The summed E-state index contributed by atoms with van der Waals surface area (Å²) in [6.07, 6.45) is 4.32. The van der Waals surface area contributed by atoms with Gasteiger partial charge in [0.1, 0.15) is 11.6 Å². The fourth-order valence-electron chi connectivity index (χ4n) is 1.91. The lowest BCUT2D eigenvalue weighted by Crippen LogP contribution is -2.20. The van der Waals surface area contributed by atoms with Crippen LogP contribution in [0.4, 0.5) is 4.39 Å². The van der Waals surface area contributed by atoms with Gasteiger partial charge in [0, 0.05) is 12.4 Å². The molecule has 0 aliphatic carbocycles. The summed E-state index contributed by atoms with van der Waals surface area (Å²) in [7, 11) is 1.89. The maximum atomic E-state index is 13.0. The zero-order valence-corrected chi connectivity index (χ0v) is 10.00. The number of rotatable bonds is 4. The van der Waals surface area contributed by atoms with Crippen molar-refractivity contribution in [2.75, 3.05) is 7.05 Å². The highest BCUT2D eigenvalue weighted by molar-refractivity contribution is 5.28. The Bertz CT molecular complexity index is 479. The first-order valence-electron chi connectivity index (χ1n) is 5.62. The Balaban J connectivity index is 2.19. The van der Waals surface area contributed by atoms with Gasteiger partial charge in [-0.15, -0.1) is 0 Å². The minimum absolute atomic E-state index is 0.120. The molecule has 0 aliphatic heterocycles. The van der Waals surface area contributed by atoms with Crippen LogP contribution in [0, 0.1) is 12.7 Å². The summed E-state index contributed by atoms with van der Waals surface area (Å²) in [5.41, 5.74) is 2.10. The molecule has 1 heterocycles. The predicted octanol–water partition coefficient (Wildman–Crippen LogP) is 2.36. The van der Waals surface area contributed by atoms with Crippen LogP contribution >= 0.6 is 0 Å². The van der Waals surface area contributed by atoms with Crippen LogP contribution < -0.4 is 5.32 Å². The van der Waals surface area contributed by atoms with Gasteiger partial charge < -0.3 is 10.3 Å². The third-order valence-corrected chi connectivity index (χ3v) is 2.93. The molecule has 1 aromatic heterocycles. The fraction of sp³-hybridized carbons (Fsp3) is 0.308. The van der Waals surface area contributed by atoms with Gasteiger partial charge >= 0.3 is 0 Å². The van der Waals surface area contributed by atoms with Gasteiger partial charge in [0.15, 0.2) is 0 Å². The smallest absolute Gasteiger partial charge is 0.123 e. The molecule has 4 heteroatoms. The molecule has 2 N–H and O–H groups in total. The molecule has 0 spiro atoms. The number of hydrogen-bond acceptors (Lipinski definition) is 2. The maximum absolute atomic E-state index is 13.0. The summed E-state index contributed by atoms with van der Waals surface area (Å²) < 4.78 is 13.0. The number of hydrogen-bond donors (Lipinski definition) is 2. The van der Waals surface area contributed by atoms with Gasteiger partial charge in [-0.05, 0) is 43.7 Å². The largest absolute Gasteiger partial charge is 0.347 e. The van der Waals surface area contributed by atoms with Gasteiger partial charge in [0.25, 0.3) is 0 Å². The van der Waals surface area contributed by atoms with E-state index in [0.29, 0.717) is 0 Å². The number of nitrogens with one attached hydrogen (secondary N) is 2. The number of likely N-dealkylation sites (N-methyl/N-ethyl adjacent to an activating group) is 1. The molecule has 0 bridgehead atoms. The average molecular weight is 233 g/mol. The summed E-state index contributed by atoms with van der Waals surface area (Å²) in [6, 6.07) is 5.01. The molecule has 1 atom stereocenters. The van der Waals surface area contributed by atoms with Gasteiger partial charge in [-0.3, -0.25) is 0 Å². The number of aromatic amines is 1. The van der Waals surface area contributed by atoms with Gasteiger partial charge in [-0.25, -0.2) is 9.37 Å². The van der Waals surface area contributed by atoms with Gasteiger partial charge in [0.05, 0.1) is 6.04 Å². The van der Waals surface area contributed by atoms with Crippen molar-refractivity contribution in [3.63, 3.8) is 0 Å². The Labute approximate surface area is 100 Å². The first-order valence-corrected chi connectivity index (χ1v) is 5.62. The van der Waals surface area contributed by atoms with Crippen molar-refractivity contribution in [3.8, 4) is 0 Å². The molecule has 0 aliphatic rings. The standard InChI is InChI=1S/C13H16FN3/c1-9-7-11(14)4-3-10(9)8-12(15-2)13-16-5-6-17-13/h3-7,12,15H,8H2,1-2H3,(H,16,17). The van der Waals surface area contributed by atoms with Crippen LogP contribution in [-0.2, 0) is 6.42 Å². The number of imidazole rings is 1. The monoisotopic (exact) mass is 233 g/mol. The van der Waals surface area contributed by atoms with Crippen LogP contribution in [0.15, 0.2) is 30.6 Å². The van der Waals surface area contributed by atoms with Gasteiger partial charge in [0.2, 0.25) is 0 Å². The van der Waals surface area contributed by atoms with Crippen LogP contribution in [0.25, 0.3) is 0 Å². The first kappa shape index (κ1) is 11.8. The van der Waals surface area contributed by atoms with Crippen molar-refractivity contribution < 1.29 is 4.39 Å². The van der Waals surface area contributed by atoms with E-state index in [4.69, 9.17) is 0 Å². The highest BCUT2D eigenvalue weighted by Gasteiger charge is 2.13. The molecule has 1 aromatic carbocycles. The van der Waals surface area contributed by atoms with E-state index < -0.39 is 0 Å². The molecule has 0 saturated carbocycles. The van der Waals surface area contributed by atoms with Gasteiger partial charge in [-0.2, -0.15) is 0 Å².